The van der Waals surface area contributed by atoms with Crippen molar-refractivity contribution in [2.75, 3.05) is 19.3 Å². The maximum absolute atomic E-state index is 11.2. The Morgan fingerprint density at radius 1 is 1.44 bits per heavy atom. The van der Waals surface area contributed by atoms with Crippen LogP contribution in [0.15, 0.2) is 29.2 Å². The van der Waals surface area contributed by atoms with Crippen LogP contribution in [0.5, 0.6) is 0 Å². The number of carbonyl (C=O) groups excluding carboxylic acids is 1. The molecule has 0 aromatic heterocycles. The molecule has 3 nitrogen and oxygen atoms in total. The van der Waals surface area contributed by atoms with E-state index in [9.17, 15) is 4.79 Å². The molecule has 1 heterocycles. The summed E-state index contributed by atoms with van der Waals surface area (Å²) < 4.78 is 0. The number of likely N-dealkylation sites (tertiary alicyclic amines) is 1. The number of carbonyl (C=O) groups is 1. The lowest BCUT2D eigenvalue weighted by atomic mass is 9.97. The molecule has 2 N–H and O–H groups in total. The Balaban J connectivity index is 1.93. The fourth-order valence-corrected chi connectivity index (χ4v) is 2.83. The van der Waals surface area contributed by atoms with Gasteiger partial charge in [0, 0.05) is 18.0 Å². The molecule has 0 aliphatic carbocycles. The van der Waals surface area contributed by atoms with Gasteiger partial charge in [-0.1, -0.05) is 12.1 Å². The molecule has 0 radical (unpaired) electrons. The Labute approximate surface area is 113 Å². The molecule has 1 aliphatic heterocycles. The van der Waals surface area contributed by atoms with E-state index in [2.05, 4.69) is 35.4 Å². The van der Waals surface area contributed by atoms with Crippen molar-refractivity contribution in [1.82, 2.24) is 4.90 Å². The summed E-state index contributed by atoms with van der Waals surface area (Å²) in [4.78, 5) is 14.8. The minimum Gasteiger partial charge on any atom is -0.369 e. The van der Waals surface area contributed by atoms with E-state index in [4.69, 9.17) is 5.73 Å². The van der Waals surface area contributed by atoms with Crippen LogP contribution in [0.4, 0.5) is 0 Å². The van der Waals surface area contributed by atoms with Crippen molar-refractivity contribution in [3.05, 3.63) is 29.8 Å². The van der Waals surface area contributed by atoms with Gasteiger partial charge in [0.2, 0.25) is 5.91 Å². The van der Waals surface area contributed by atoms with E-state index in [0.717, 1.165) is 32.5 Å². The second kappa shape index (κ2) is 6.25. The molecule has 1 fully saturated rings. The molecule has 4 heteroatoms. The third-order valence-electron chi connectivity index (χ3n) is 3.47. The SMILES string of the molecule is CSc1ccc(CN2CCCC(C(N)=O)C2)cc1. The molecule has 1 amide bonds. The van der Waals surface area contributed by atoms with Gasteiger partial charge < -0.3 is 5.73 Å². The van der Waals surface area contributed by atoms with Gasteiger partial charge in [0.05, 0.1) is 5.92 Å². The molecule has 0 bridgehead atoms. The molecule has 2 rings (SSSR count). The smallest absolute Gasteiger partial charge is 0.221 e. The van der Waals surface area contributed by atoms with Crippen molar-refractivity contribution in [3.8, 4) is 0 Å². The average molecular weight is 264 g/mol. The van der Waals surface area contributed by atoms with Gasteiger partial charge in [0.1, 0.15) is 0 Å². The number of primary amides is 1. The highest BCUT2D eigenvalue weighted by Gasteiger charge is 2.23. The van der Waals surface area contributed by atoms with E-state index in [0.29, 0.717) is 0 Å². The molecule has 0 spiro atoms. The summed E-state index contributed by atoms with van der Waals surface area (Å²) in [6.45, 7) is 2.78. The summed E-state index contributed by atoms with van der Waals surface area (Å²) in [5, 5.41) is 0. The van der Waals surface area contributed by atoms with Gasteiger partial charge in [-0.3, -0.25) is 9.69 Å². The second-order valence-corrected chi connectivity index (χ2v) is 5.70. The molecular formula is C14H20N2OS. The minimum atomic E-state index is -0.155. The summed E-state index contributed by atoms with van der Waals surface area (Å²) in [6, 6.07) is 8.63. The number of thioether (sulfide) groups is 1. The van der Waals surface area contributed by atoms with Crippen LogP contribution in [0.25, 0.3) is 0 Å². The topological polar surface area (TPSA) is 46.3 Å². The molecule has 1 aromatic carbocycles. The number of hydrogen-bond acceptors (Lipinski definition) is 3. The molecular weight excluding hydrogens is 244 g/mol. The molecule has 1 atom stereocenters. The summed E-state index contributed by atoms with van der Waals surface area (Å²) in [5.41, 5.74) is 6.70. The molecule has 1 aromatic rings. The van der Waals surface area contributed by atoms with Crippen LogP contribution in [0, 0.1) is 5.92 Å². The maximum atomic E-state index is 11.2. The van der Waals surface area contributed by atoms with E-state index in [-0.39, 0.29) is 11.8 Å². The monoisotopic (exact) mass is 264 g/mol. The first kappa shape index (κ1) is 13.4. The van der Waals surface area contributed by atoms with Gasteiger partial charge in [-0.15, -0.1) is 11.8 Å². The normalized spacial score (nSPS) is 20.8. The standard InChI is InChI=1S/C14H20N2OS/c1-18-13-6-4-11(5-7-13)9-16-8-2-3-12(10-16)14(15)17/h4-7,12H,2-3,8-10H2,1H3,(H2,15,17). The van der Waals surface area contributed by atoms with Gasteiger partial charge in [0.15, 0.2) is 0 Å². The molecule has 1 saturated heterocycles. The van der Waals surface area contributed by atoms with Crippen molar-refractivity contribution >= 4 is 17.7 Å². The first-order valence-corrected chi connectivity index (χ1v) is 7.56. The Bertz CT molecular complexity index is 405. The van der Waals surface area contributed by atoms with E-state index < -0.39 is 0 Å². The van der Waals surface area contributed by atoms with Gasteiger partial charge in [-0.2, -0.15) is 0 Å². The second-order valence-electron chi connectivity index (χ2n) is 4.82. The highest BCUT2D eigenvalue weighted by atomic mass is 32.2. The fraction of sp³-hybridized carbons (Fsp3) is 0.500. The zero-order chi connectivity index (χ0) is 13.0. The summed E-state index contributed by atoms with van der Waals surface area (Å²) >= 11 is 1.75. The van der Waals surface area contributed by atoms with Crippen molar-refractivity contribution in [1.29, 1.82) is 0 Å². The van der Waals surface area contributed by atoms with Crippen LogP contribution in [0.3, 0.4) is 0 Å². The van der Waals surface area contributed by atoms with Crippen molar-refractivity contribution in [3.63, 3.8) is 0 Å². The Morgan fingerprint density at radius 3 is 2.78 bits per heavy atom. The number of piperidine rings is 1. The molecule has 1 unspecified atom stereocenters. The number of benzene rings is 1. The van der Waals surface area contributed by atoms with Crippen molar-refractivity contribution in [2.45, 2.75) is 24.3 Å². The predicted molar refractivity (Wildman–Crippen MR) is 75.4 cm³/mol. The van der Waals surface area contributed by atoms with Crippen molar-refractivity contribution in [2.24, 2.45) is 11.7 Å². The van der Waals surface area contributed by atoms with Crippen molar-refractivity contribution < 1.29 is 4.79 Å². The van der Waals surface area contributed by atoms with Gasteiger partial charge >= 0.3 is 0 Å². The lowest BCUT2D eigenvalue weighted by molar-refractivity contribution is -0.123. The first-order valence-electron chi connectivity index (χ1n) is 6.33. The maximum Gasteiger partial charge on any atom is 0.221 e. The van der Waals surface area contributed by atoms with Gasteiger partial charge in [-0.25, -0.2) is 0 Å². The van der Waals surface area contributed by atoms with Crippen LogP contribution < -0.4 is 5.73 Å². The van der Waals surface area contributed by atoms with E-state index in [1.165, 1.54) is 10.5 Å². The molecule has 0 saturated carbocycles. The zero-order valence-corrected chi connectivity index (χ0v) is 11.6. The highest BCUT2D eigenvalue weighted by molar-refractivity contribution is 7.98. The fourth-order valence-electron chi connectivity index (χ4n) is 2.42. The quantitative estimate of drug-likeness (QED) is 0.847. The Kier molecular flexibility index (Phi) is 4.66. The predicted octanol–water partition coefficient (Wildman–Crippen LogP) is 2.11. The molecule has 98 valence electrons. The van der Waals surface area contributed by atoms with E-state index in [1.54, 1.807) is 11.8 Å². The number of amides is 1. The van der Waals surface area contributed by atoms with Crippen LogP contribution in [0.2, 0.25) is 0 Å². The number of hydrogen-bond donors (Lipinski definition) is 1. The lowest BCUT2D eigenvalue weighted by Crippen LogP contribution is -2.40. The number of nitrogens with zero attached hydrogens (tertiary/aromatic N) is 1. The third-order valence-corrected chi connectivity index (χ3v) is 4.22. The molecule has 18 heavy (non-hydrogen) atoms. The summed E-state index contributed by atoms with van der Waals surface area (Å²) in [7, 11) is 0. The number of nitrogens with two attached hydrogens (primary N) is 1. The number of rotatable bonds is 4. The van der Waals surface area contributed by atoms with Gasteiger partial charge in [-0.05, 0) is 43.3 Å². The van der Waals surface area contributed by atoms with Crippen LogP contribution in [-0.2, 0) is 11.3 Å². The van der Waals surface area contributed by atoms with Crippen LogP contribution in [-0.4, -0.2) is 30.2 Å². The average Bonchev–Trinajstić information content (AvgIpc) is 2.40. The minimum absolute atomic E-state index is 0.0317. The summed E-state index contributed by atoms with van der Waals surface area (Å²) in [5.74, 6) is -0.123. The largest absolute Gasteiger partial charge is 0.369 e. The van der Waals surface area contributed by atoms with E-state index in [1.807, 2.05) is 0 Å². The van der Waals surface area contributed by atoms with Gasteiger partial charge in [0.25, 0.3) is 0 Å². The highest BCUT2D eigenvalue weighted by Crippen LogP contribution is 2.20. The lowest BCUT2D eigenvalue weighted by Gasteiger charge is -2.31. The molecule has 1 aliphatic rings. The van der Waals surface area contributed by atoms with Crippen LogP contribution in [0.1, 0.15) is 18.4 Å². The Hall–Kier alpha value is -1.00. The third kappa shape index (κ3) is 3.50. The van der Waals surface area contributed by atoms with E-state index >= 15 is 0 Å². The Morgan fingerprint density at radius 2 is 2.17 bits per heavy atom. The summed E-state index contributed by atoms with van der Waals surface area (Å²) in [6.07, 6.45) is 4.09. The van der Waals surface area contributed by atoms with Crippen LogP contribution >= 0.6 is 11.8 Å². The zero-order valence-electron chi connectivity index (χ0n) is 10.8. The first-order chi connectivity index (χ1) is 8.69.